The van der Waals surface area contributed by atoms with Gasteiger partial charge in [0, 0.05) is 6.20 Å². The average Bonchev–Trinajstić information content (AvgIpc) is 2.48. The first-order valence-electron chi connectivity index (χ1n) is 7.61. The van der Waals surface area contributed by atoms with E-state index < -0.39 is 11.6 Å². The van der Waals surface area contributed by atoms with Gasteiger partial charge < -0.3 is 5.32 Å². The summed E-state index contributed by atoms with van der Waals surface area (Å²) in [7, 11) is 0. The van der Waals surface area contributed by atoms with Crippen LogP contribution < -0.4 is 10.2 Å². The number of hydrogen-bond acceptors (Lipinski definition) is 3. The molecular formula is C16H21N3O2. The van der Waals surface area contributed by atoms with Crippen molar-refractivity contribution in [2.75, 3.05) is 4.90 Å². The van der Waals surface area contributed by atoms with E-state index in [0.717, 1.165) is 43.4 Å². The molecule has 1 unspecified atom stereocenters. The number of aromatic nitrogens is 1. The fourth-order valence-electron chi connectivity index (χ4n) is 3.44. The molecule has 1 N–H and O–H groups in total. The summed E-state index contributed by atoms with van der Waals surface area (Å²) in [4.78, 5) is 31.2. The number of nitrogens with zero attached hydrogens (tertiary/aromatic N) is 2. The van der Waals surface area contributed by atoms with E-state index in [2.05, 4.69) is 10.3 Å². The molecule has 2 amide bonds. The number of hydrogen-bond donors (Lipinski definition) is 1. The van der Waals surface area contributed by atoms with Crippen LogP contribution in [0.2, 0.25) is 0 Å². The second-order valence-electron chi connectivity index (χ2n) is 6.15. The number of pyridine rings is 1. The van der Waals surface area contributed by atoms with Crippen molar-refractivity contribution < 1.29 is 9.59 Å². The molecule has 1 aromatic rings. The summed E-state index contributed by atoms with van der Waals surface area (Å²) in [6.45, 7) is 3.71. The van der Waals surface area contributed by atoms with Crippen LogP contribution in [-0.4, -0.2) is 28.4 Å². The molecule has 1 aromatic heterocycles. The average molecular weight is 287 g/mol. The van der Waals surface area contributed by atoms with Gasteiger partial charge in [-0.25, -0.2) is 0 Å². The number of nitrogens with one attached hydrogen (secondary N) is 1. The smallest absolute Gasteiger partial charge is 0.253 e. The largest absolute Gasteiger partial charge is 0.340 e. The SMILES string of the molecule is Cc1ccncc1N1C(=O)C2(CCCCC2)NC(=O)C1C. The van der Waals surface area contributed by atoms with Crippen LogP contribution in [0.15, 0.2) is 18.5 Å². The third kappa shape index (κ3) is 2.20. The van der Waals surface area contributed by atoms with Gasteiger partial charge in [0.1, 0.15) is 11.6 Å². The van der Waals surface area contributed by atoms with Crippen LogP contribution in [0.1, 0.15) is 44.6 Å². The quantitative estimate of drug-likeness (QED) is 0.858. The molecule has 1 aliphatic heterocycles. The maximum Gasteiger partial charge on any atom is 0.253 e. The van der Waals surface area contributed by atoms with Gasteiger partial charge >= 0.3 is 0 Å². The highest BCUT2D eigenvalue weighted by molar-refractivity contribution is 6.11. The topological polar surface area (TPSA) is 62.3 Å². The minimum Gasteiger partial charge on any atom is -0.340 e. The molecule has 112 valence electrons. The van der Waals surface area contributed by atoms with Gasteiger partial charge in [-0.2, -0.15) is 0 Å². The van der Waals surface area contributed by atoms with E-state index in [1.807, 2.05) is 13.0 Å². The Morgan fingerprint density at radius 3 is 2.67 bits per heavy atom. The number of carbonyl (C=O) groups is 2. The van der Waals surface area contributed by atoms with E-state index in [4.69, 9.17) is 0 Å². The van der Waals surface area contributed by atoms with Gasteiger partial charge in [-0.15, -0.1) is 0 Å². The molecule has 0 bridgehead atoms. The third-order valence-electron chi connectivity index (χ3n) is 4.74. The number of rotatable bonds is 1. The van der Waals surface area contributed by atoms with Crippen LogP contribution in [0.3, 0.4) is 0 Å². The van der Waals surface area contributed by atoms with E-state index in [9.17, 15) is 9.59 Å². The first-order chi connectivity index (χ1) is 10.1. The molecule has 2 aliphatic rings. The molecule has 3 rings (SSSR count). The lowest BCUT2D eigenvalue weighted by atomic mass is 9.78. The summed E-state index contributed by atoms with van der Waals surface area (Å²) in [6.07, 6.45) is 7.96. The third-order valence-corrected chi connectivity index (χ3v) is 4.74. The molecule has 1 spiro atoms. The predicted molar refractivity (Wildman–Crippen MR) is 79.9 cm³/mol. The lowest BCUT2D eigenvalue weighted by molar-refractivity contribution is -0.139. The van der Waals surface area contributed by atoms with E-state index >= 15 is 0 Å². The van der Waals surface area contributed by atoms with Gasteiger partial charge in [0.25, 0.3) is 5.91 Å². The number of anilines is 1. The Morgan fingerprint density at radius 1 is 1.29 bits per heavy atom. The molecule has 0 aromatic carbocycles. The van der Waals surface area contributed by atoms with Gasteiger partial charge in [0.05, 0.1) is 11.9 Å². The van der Waals surface area contributed by atoms with Crippen molar-refractivity contribution in [3.63, 3.8) is 0 Å². The van der Waals surface area contributed by atoms with Crippen LogP contribution in [0.5, 0.6) is 0 Å². The molecule has 2 fully saturated rings. The van der Waals surface area contributed by atoms with Crippen LogP contribution in [0.25, 0.3) is 0 Å². The highest BCUT2D eigenvalue weighted by Gasteiger charge is 2.50. The monoisotopic (exact) mass is 287 g/mol. The van der Waals surface area contributed by atoms with Crippen molar-refractivity contribution in [2.45, 2.75) is 57.5 Å². The minimum absolute atomic E-state index is 0.0189. The van der Waals surface area contributed by atoms with E-state index in [-0.39, 0.29) is 11.8 Å². The van der Waals surface area contributed by atoms with Crippen molar-refractivity contribution in [1.29, 1.82) is 0 Å². The number of amides is 2. The molecule has 0 radical (unpaired) electrons. The molecule has 1 saturated heterocycles. The van der Waals surface area contributed by atoms with E-state index in [1.54, 1.807) is 24.2 Å². The van der Waals surface area contributed by atoms with Crippen molar-refractivity contribution in [3.05, 3.63) is 24.0 Å². The second kappa shape index (κ2) is 5.13. The van der Waals surface area contributed by atoms with E-state index in [0.29, 0.717) is 0 Å². The molecule has 2 heterocycles. The molecule has 5 nitrogen and oxygen atoms in total. The Kier molecular flexibility index (Phi) is 3.43. The van der Waals surface area contributed by atoms with Crippen molar-refractivity contribution in [1.82, 2.24) is 10.3 Å². The molecule has 1 saturated carbocycles. The fourth-order valence-corrected chi connectivity index (χ4v) is 3.44. The first kappa shape index (κ1) is 14.0. The second-order valence-corrected chi connectivity index (χ2v) is 6.15. The summed E-state index contributed by atoms with van der Waals surface area (Å²) < 4.78 is 0. The normalized spacial score (nSPS) is 25.0. The zero-order valence-electron chi connectivity index (χ0n) is 12.6. The van der Waals surface area contributed by atoms with Gasteiger partial charge in [-0.05, 0) is 38.3 Å². The highest BCUT2D eigenvalue weighted by Crippen LogP contribution is 2.35. The Morgan fingerprint density at radius 2 is 2.00 bits per heavy atom. The summed E-state index contributed by atoms with van der Waals surface area (Å²) in [5, 5.41) is 3.00. The van der Waals surface area contributed by atoms with E-state index in [1.165, 1.54) is 0 Å². The number of carbonyl (C=O) groups excluding carboxylic acids is 2. The van der Waals surface area contributed by atoms with Crippen LogP contribution >= 0.6 is 0 Å². The lowest BCUT2D eigenvalue weighted by Gasteiger charge is -2.47. The number of aryl methyl sites for hydroxylation is 1. The maximum absolute atomic E-state index is 13.1. The molecule has 1 aliphatic carbocycles. The van der Waals surface area contributed by atoms with Crippen molar-refractivity contribution >= 4 is 17.5 Å². The fraction of sp³-hybridized carbons (Fsp3) is 0.562. The van der Waals surface area contributed by atoms with Crippen LogP contribution in [0.4, 0.5) is 5.69 Å². The van der Waals surface area contributed by atoms with Crippen molar-refractivity contribution in [3.8, 4) is 0 Å². The minimum atomic E-state index is -0.704. The Bertz CT molecular complexity index is 579. The maximum atomic E-state index is 13.1. The lowest BCUT2D eigenvalue weighted by Crippen LogP contribution is -2.70. The van der Waals surface area contributed by atoms with Gasteiger partial charge in [-0.1, -0.05) is 19.3 Å². The molecule has 5 heteroatoms. The Hall–Kier alpha value is -1.91. The Labute approximate surface area is 124 Å². The zero-order valence-corrected chi connectivity index (χ0v) is 12.6. The first-order valence-corrected chi connectivity index (χ1v) is 7.61. The summed E-state index contributed by atoms with van der Waals surface area (Å²) in [6, 6.07) is 1.38. The molecular weight excluding hydrogens is 266 g/mol. The summed E-state index contributed by atoms with van der Waals surface area (Å²) in [5.74, 6) is -0.0508. The van der Waals surface area contributed by atoms with Crippen molar-refractivity contribution in [2.24, 2.45) is 0 Å². The van der Waals surface area contributed by atoms with Crippen LogP contribution in [0, 0.1) is 6.92 Å². The Balaban J connectivity index is 2.03. The predicted octanol–water partition coefficient (Wildman–Crippen LogP) is 1.94. The van der Waals surface area contributed by atoms with Crippen LogP contribution in [-0.2, 0) is 9.59 Å². The highest BCUT2D eigenvalue weighted by atomic mass is 16.2. The number of piperazine rings is 1. The molecule has 1 atom stereocenters. The standard InChI is InChI=1S/C16H21N3O2/c1-11-6-9-17-10-13(11)19-12(2)14(20)18-16(15(19)21)7-4-3-5-8-16/h6,9-10,12H,3-5,7-8H2,1-2H3,(H,18,20). The van der Waals surface area contributed by atoms with Gasteiger partial charge in [0.15, 0.2) is 0 Å². The zero-order chi connectivity index (χ0) is 15.0. The van der Waals surface area contributed by atoms with Gasteiger partial charge in [0.2, 0.25) is 5.91 Å². The molecule has 21 heavy (non-hydrogen) atoms. The summed E-state index contributed by atoms with van der Waals surface area (Å²) >= 11 is 0. The van der Waals surface area contributed by atoms with Gasteiger partial charge in [-0.3, -0.25) is 19.5 Å². The summed E-state index contributed by atoms with van der Waals surface area (Å²) in [5.41, 5.74) is 1.00.